The van der Waals surface area contributed by atoms with Gasteiger partial charge in [-0.05, 0) is 109 Å². The average Bonchev–Trinajstić information content (AvgIpc) is 3.67. The average molecular weight is 678 g/mol. The first kappa shape index (κ1) is 30.0. The zero-order valence-electron chi connectivity index (χ0n) is 29.6. The third kappa shape index (κ3) is 4.45. The summed E-state index contributed by atoms with van der Waals surface area (Å²) in [5.74, 6) is 0. The first-order valence-corrected chi connectivity index (χ1v) is 18.4. The number of benzene rings is 9. The maximum Gasteiger partial charge on any atom is 0.143 e. The van der Waals surface area contributed by atoms with Gasteiger partial charge in [-0.3, -0.25) is 0 Å². The number of furan rings is 1. The van der Waals surface area contributed by atoms with E-state index in [0.29, 0.717) is 0 Å². The molecule has 0 unspecified atom stereocenters. The third-order valence-electron chi connectivity index (χ3n) is 11.6. The van der Waals surface area contributed by atoms with Crippen molar-refractivity contribution >= 4 is 71.3 Å². The van der Waals surface area contributed by atoms with Gasteiger partial charge < -0.3 is 9.32 Å². The molecule has 0 bridgehead atoms. The van der Waals surface area contributed by atoms with Crippen molar-refractivity contribution in [3.8, 4) is 22.3 Å². The minimum absolute atomic E-state index is 0.110. The Bertz CT molecular complexity index is 3100. The Morgan fingerprint density at radius 1 is 0.396 bits per heavy atom. The van der Waals surface area contributed by atoms with Crippen LogP contribution in [0.1, 0.15) is 25.0 Å². The Hall–Kier alpha value is -6.64. The van der Waals surface area contributed by atoms with Gasteiger partial charge in [0, 0.05) is 38.8 Å². The molecular formula is C51H35NO. The highest BCUT2D eigenvalue weighted by molar-refractivity contribution is 6.21. The van der Waals surface area contributed by atoms with Gasteiger partial charge in [0.25, 0.3) is 0 Å². The topological polar surface area (TPSA) is 16.4 Å². The predicted molar refractivity (Wildman–Crippen MR) is 224 cm³/mol. The van der Waals surface area contributed by atoms with E-state index in [1.807, 2.05) is 0 Å². The van der Waals surface area contributed by atoms with E-state index in [4.69, 9.17) is 4.42 Å². The fraction of sp³-hybridized carbons (Fsp3) is 0.0588. The lowest BCUT2D eigenvalue weighted by Gasteiger charge is -2.28. The molecular weight excluding hydrogens is 643 g/mol. The van der Waals surface area contributed by atoms with Crippen LogP contribution in [0.2, 0.25) is 0 Å². The van der Waals surface area contributed by atoms with Crippen LogP contribution in [0.3, 0.4) is 0 Å². The maximum absolute atomic E-state index is 6.90. The molecule has 250 valence electrons. The molecule has 10 aromatic rings. The van der Waals surface area contributed by atoms with Gasteiger partial charge in [-0.25, -0.2) is 0 Å². The van der Waals surface area contributed by atoms with Gasteiger partial charge in [-0.2, -0.15) is 0 Å². The molecule has 0 spiro atoms. The molecule has 2 nitrogen and oxygen atoms in total. The molecule has 0 radical (unpaired) electrons. The van der Waals surface area contributed by atoms with Gasteiger partial charge in [0.15, 0.2) is 0 Å². The number of fused-ring (bicyclic) bond motifs is 9. The van der Waals surface area contributed by atoms with E-state index in [2.05, 4.69) is 195 Å². The van der Waals surface area contributed by atoms with Crippen LogP contribution in [0.4, 0.5) is 17.1 Å². The molecule has 1 aliphatic rings. The number of hydrogen-bond acceptors (Lipinski definition) is 2. The fourth-order valence-corrected chi connectivity index (χ4v) is 9.01. The summed E-state index contributed by atoms with van der Waals surface area (Å²) in [6, 6.07) is 64.2. The quantitative estimate of drug-likeness (QED) is 0.184. The van der Waals surface area contributed by atoms with E-state index in [0.717, 1.165) is 44.6 Å². The van der Waals surface area contributed by atoms with E-state index < -0.39 is 0 Å². The summed E-state index contributed by atoms with van der Waals surface area (Å²) in [6.07, 6.45) is 0. The normalized spacial score (nSPS) is 13.2. The smallest absolute Gasteiger partial charge is 0.143 e. The Balaban J connectivity index is 1.16. The second-order valence-electron chi connectivity index (χ2n) is 14.9. The SMILES string of the molecule is CC1(C)c2ccccc2-c2ccc(N(c3ccc4ccccc4c3)c3ccc4oc5c(-c6cccc7ccccc67)c6ccccc6cc5c4c3)cc21. The number of anilines is 3. The third-order valence-corrected chi connectivity index (χ3v) is 11.6. The molecule has 0 amide bonds. The van der Waals surface area contributed by atoms with Gasteiger partial charge in [0.1, 0.15) is 11.2 Å². The second-order valence-corrected chi connectivity index (χ2v) is 14.9. The molecule has 1 aromatic heterocycles. The van der Waals surface area contributed by atoms with Gasteiger partial charge in [0.2, 0.25) is 0 Å². The van der Waals surface area contributed by atoms with Crippen molar-refractivity contribution in [2.75, 3.05) is 4.90 Å². The summed E-state index contributed by atoms with van der Waals surface area (Å²) < 4.78 is 6.90. The highest BCUT2D eigenvalue weighted by Crippen LogP contribution is 2.51. The molecule has 2 heteroatoms. The Labute approximate surface area is 308 Å². The lowest BCUT2D eigenvalue weighted by atomic mass is 9.82. The number of hydrogen-bond donors (Lipinski definition) is 0. The van der Waals surface area contributed by atoms with Gasteiger partial charge >= 0.3 is 0 Å². The van der Waals surface area contributed by atoms with Crippen molar-refractivity contribution in [1.29, 1.82) is 0 Å². The molecule has 1 aliphatic carbocycles. The molecule has 0 fully saturated rings. The molecule has 0 aliphatic heterocycles. The van der Waals surface area contributed by atoms with Crippen molar-refractivity contribution in [3.05, 3.63) is 187 Å². The van der Waals surface area contributed by atoms with Crippen LogP contribution in [0.5, 0.6) is 0 Å². The number of nitrogens with zero attached hydrogens (tertiary/aromatic N) is 1. The van der Waals surface area contributed by atoms with Crippen molar-refractivity contribution in [3.63, 3.8) is 0 Å². The van der Waals surface area contributed by atoms with Crippen molar-refractivity contribution in [2.24, 2.45) is 0 Å². The summed E-state index contributed by atoms with van der Waals surface area (Å²) in [5, 5.41) is 9.49. The molecule has 1 heterocycles. The summed E-state index contributed by atoms with van der Waals surface area (Å²) in [5.41, 5.74) is 12.7. The van der Waals surface area contributed by atoms with Crippen LogP contribution in [-0.2, 0) is 5.41 Å². The molecule has 0 saturated carbocycles. The molecule has 9 aromatic carbocycles. The van der Waals surface area contributed by atoms with Crippen molar-refractivity contribution in [1.82, 2.24) is 0 Å². The van der Waals surface area contributed by atoms with Crippen LogP contribution >= 0.6 is 0 Å². The fourth-order valence-electron chi connectivity index (χ4n) is 9.01. The minimum Gasteiger partial charge on any atom is -0.455 e. The first-order chi connectivity index (χ1) is 26.0. The van der Waals surface area contributed by atoms with E-state index in [1.165, 1.54) is 60.1 Å². The van der Waals surface area contributed by atoms with E-state index in [-0.39, 0.29) is 5.41 Å². The lowest BCUT2D eigenvalue weighted by molar-refractivity contribution is 0.660. The minimum atomic E-state index is -0.110. The Morgan fingerprint density at radius 2 is 1.02 bits per heavy atom. The molecule has 0 atom stereocenters. The van der Waals surface area contributed by atoms with Gasteiger partial charge in [0.05, 0.1) is 0 Å². The van der Waals surface area contributed by atoms with Crippen LogP contribution in [-0.4, -0.2) is 0 Å². The molecule has 0 saturated heterocycles. The Kier molecular flexibility index (Phi) is 6.33. The molecule has 11 rings (SSSR count). The monoisotopic (exact) mass is 677 g/mol. The highest BCUT2D eigenvalue weighted by Gasteiger charge is 2.35. The summed E-state index contributed by atoms with van der Waals surface area (Å²) in [7, 11) is 0. The van der Waals surface area contributed by atoms with Crippen LogP contribution in [0, 0.1) is 0 Å². The maximum atomic E-state index is 6.90. The van der Waals surface area contributed by atoms with E-state index in [1.54, 1.807) is 0 Å². The van der Waals surface area contributed by atoms with Crippen LogP contribution < -0.4 is 4.90 Å². The largest absolute Gasteiger partial charge is 0.455 e. The molecule has 53 heavy (non-hydrogen) atoms. The summed E-state index contributed by atoms with van der Waals surface area (Å²) in [4.78, 5) is 2.41. The van der Waals surface area contributed by atoms with Crippen molar-refractivity contribution in [2.45, 2.75) is 19.3 Å². The number of rotatable bonds is 4. The van der Waals surface area contributed by atoms with Crippen molar-refractivity contribution < 1.29 is 4.42 Å². The zero-order chi connectivity index (χ0) is 35.3. The van der Waals surface area contributed by atoms with E-state index in [9.17, 15) is 0 Å². The van der Waals surface area contributed by atoms with Gasteiger partial charge in [-0.15, -0.1) is 0 Å². The second kappa shape index (κ2) is 11.2. The molecule has 0 N–H and O–H groups in total. The lowest BCUT2D eigenvalue weighted by Crippen LogP contribution is -2.16. The van der Waals surface area contributed by atoms with Crippen LogP contribution in [0.25, 0.3) is 76.5 Å². The zero-order valence-corrected chi connectivity index (χ0v) is 29.6. The predicted octanol–water partition coefficient (Wildman–Crippen LogP) is 14.5. The standard InChI is InChI=1S/C51H35NO/c1-51(2)46-21-10-9-19-41(46)42-26-24-38(31-47(42)51)52(36-23-22-32-12-3-4-14-34(32)28-36)37-25-27-48-44(30-37)45-29-35-15-6-8-18-40(35)49(50(45)53-48)43-20-11-16-33-13-5-7-17-39(33)43/h3-31H,1-2H3. The first-order valence-electron chi connectivity index (χ1n) is 18.4. The summed E-state index contributed by atoms with van der Waals surface area (Å²) in [6.45, 7) is 4.70. The Morgan fingerprint density at radius 3 is 1.91 bits per heavy atom. The summed E-state index contributed by atoms with van der Waals surface area (Å²) >= 11 is 0. The van der Waals surface area contributed by atoms with E-state index >= 15 is 0 Å². The highest BCUT2D eigenvalue weighted by atomic mass is 16.3. The van der Waals surface area contributed by atoms with Crippen LogP contribution in [0.15, 0.2) is 180 Å². The van der Waals surface area contributed by atoms with Gasteiger partial charge in [-0.1, -0.05) is 141 Å².